The molecular formula is C29H32N6O3. The fourth-order valence-electron chi connectivity index (χ4n) is 5.88. The van der Waals surface area contributed by atoms with Gasteiger partial charge in [0, 0.05) is 37.2 Å². The maximum absolute atomic E-state index is 13.6. The molecule has 1 amide bonds. The van der Waals surface area contributed by atoms with Gasteiger partial charge in [-0.2, -0.15) is 0 Å². The fraction of sp³-hybridized carbons (Fsp3) is 0.379. The Bertz CT molecular complexity index is 1470. The second-order valence-corrected chi connectivity index (χ2v) is 10.5. The summed E-state index contributed by atoms with van der Waals surface area (Å²) in [5.41, 5.74) is 1.44. The minimum Gasteiger partial charge on any atom is -0.388 e. The van der Waals surface area contributed by atoms with Crippen molar-refractivity contribution in [3.05, 3.63) is 89.2 Å². The molecule has 196 valence electrons. The molecule has 0 bridgehead atoms. The summed E-state index contributed by atoms with van der Waals surface area (Å²) in [7, 11) is 0. The van der Waals surface area contributed by atoms with E-state index in [0.29, 0.717) is 31.6 Å². The third-order valence-electron chi connectivity index (χ3n) is 8.06. The predicted octanol–water partition coefficient (Wildman–Crippen LogP) is 2.33. The Morgan fingerprint density at radius 3 is 2.45 bits per heavy atom. The summed E-state index contributed by atoms with van der Waals surface area (Å²) in [6.45, 7) is 2.67. The Morgan fingerprint density at radius 2 is 1.71 bits per heavy atom. The van der Waals surface area contributed by atoms with Gasteiger partial charge in [0.25, 0.3) is 5.56 Å². The number of nitrogens with zero attached hydrogens (tertiary/aromatic N) is 5. The minimum atomic E-state index is -1.09. The number of amides is 1. The third kappa shape index (κ3) is 4.63. The van der Waals surface area contributed by atoms with Crippen LogP contribution in [0.2, 0.25) is 0 Å². The number of carbonyl (C=O) groups is 1. The van der Waals surface area contributed by atoms with Crippen LogP contribution in [0, 0.1) is 5.92 Å². The van der Waals surface area contributed by atoms with Crippen molar-refractivity contribution in [2.75, 3.05) is 26.2 Å². The second-order valence-electron chi connectivity index (χ2n) is 10.5. The zero-order valence-electron chi connectivity index (χ0n) is 21.2. The molecule has 2 aromatic heterocycles. The van der Waals surface area contributed by atoms with Crippen LogP contribution < -0.4 is 10.9 Å². The van der Waals surface area contributed by atoms with E-state index in [1.165, 1.54) is 16.5 Å². The van der Waals surface area contributed by atoms with Gasteiger partial charge in [-0.15, -0.1) is 0 Å². The van der Waals surface area contributed by atoms with Gasteiger partial charge in [-0.1, -0.05) is 48.5 Å². The molecule has 0 aliphatic carbocycles. The summed E-state index contributed by atoms with van der Waals surface area (Å²) in [5, 5.41) is 14.8. The highest BCUT2D eigenvalue weighted by atomic mass is 16.3. The summed E-state index contributed by atoms with van der Waals surface area (Å²) >= 11 is 0. The number of piperidine rings is 2. The highest BCUT2D eigenvalue weighted by Gasteiger charge is 2.39. The topological polar surface area (TPSA) is 105 Å². The van der Waals surface area contributed by atoms with E-state index in [2.05, 4.69) is 27.4 Å². The first kappa shape index (κ1) is 24.5. The van der Waals surface area contributed by atoms with E-state index < -0.39 is 5.60 Å². The zero-order chi connectivity index (χ0) is 26.1. The van der Waals surface area contributed by atoms with E-state index in [4.69, 9.17) is 0 Å². The summed E-state index contributed by atoms with van der Waals surface area (Å²) < 4.78 is 3.23. The van der Waals surface area contributed by atoms with Gasteiger partial charge in [0.05, 0.1) is 12.1 Å². The van der Waals surface area contributed by atoms with Gasteiger partial charge in [-0.3, -0.25) is 18.7 Å². The quantitative estimate of drug-likeness (QED) is 0.425. The van der Waals surface area contributed by atoms with Crippen molar-refractivity contribution < 1.29 is 9.90 Å². The molecule has 0 unspecified atom stereocenters. The molecule has 0 spiro atoms. The Hall–Kier alpha value is -3.82. The lowest BCUT2D eigenvalue weighted by atomic mass is 9.80. The lowest BCUT2D eigenvalue weighted by Gasteiger charge is -2.41. The number of carbonyl (C=O) groups excluding carboxylic acids is 1. The summed E-state index contributed by atoms with van der Waals surface area (Å²) in [5.74, 6) is 0.234. The van der Waals surface area contributed by atoms with E-state index in [-0.39, 0.29) is 35.4 Å². The Labute approximate surface area is 220 Å². The maximum atomic E-state index is 13.6. The number of aromatic nitrogens is 4. The number of rotatable bonds is 5. The van der Waals surface area contributed by atoms with Crippen molar-refractivity contribution in [1.29, 1.82) is 0 Å². The molecule has 0 radical (unpaired) electrons. The van der Waals surface area contributed by atoms with Crippen LogP contribution in [0.5, 0.6) is 0 Å². The zero-order valence-corrected chi connectivity index (χ0v) is 21.2. The molecule has 6 rings (SSSR count). The number of hydrogen-bond donors (Lipinski definition) is 2. The summed E-state index contributed by atoms with van der Waals surface area (Å²) in [6, 6.07) is 19.8. The summed E-state index contributed by atoms with van der Waals surface area (Å²) in [6.07, 6.45) is 4.70. The van der Waals surface area contributed by atoms with E-state index in [1.54, 1.807) is 10.9 Å². The van der Waals surface area contributed by atoms with E-state index in [0.717, 1.165) is 25.2 Å². The van der Waals surface area contributed by atoms with Crippen LogP contribution in [-0.4, -0.2) is 66.8 Å². The highest BCUT2D eigenvalue weighted by Crippen LogP contribution is 2.33. The van der Waals surface area contributed by atoms with E-state index in [1.807, 2.05) is 53.4 Å². The molecule has 4 aromatic rings. The number of nitrogens with one attached hydrogen (secondary N) is 1. The van der Waals surface area contributed by atoms with Crippen molar-refractivity contribution in [3.8, 4) is 5.69 Å². The minimum absolute atomic E-state index is 0.0706. The number of imidazole rings is 1. The molecule has 2 saturated heterocycles. The number of likely N-dealkylation sites (tertiary alicyclic amines) is 1. The van der Waals surface area contributed by atoms with Gasteiger partial charge in [0.15, 0.2) is 11.2 Å². The molecule has 2 aromatic carbocycles. The maximum Gasteiger partial charge on any atom is 0.281 e. The average molecular weight is 513 g/mol. The van der Waals surface area contributed by atoms with Crippen molar-refractivity contribution in [2.24, 2.45) is 5.92 Å². The van der Waals surface area contributed by atoms with Crippen molar-refractivity contribution in [1.82, 2.24) is 29.3 Å². The van der Waals surface area contributed by atoms with Crippen LogP contribution in [-0.2, 0) is 11.3 Å². The van der Waals surface area contributed by atoms with Gasteiger partial charge >= 0.3 is 0 Å². The van der Waals surface area contributed by atoms with Crippen LogP contribution >= 0.6 is 0 Å². The van der Waals surface area contributed by atoms with Crippen LogP contribution in [0.25, 0.3) is 16.9 Å². The van der Waals surface area contributed by atoms with Crippen molar-refractivity contribution in [2.45, 2.75) is 37.3 Å². The number of aliphatic hydroxyl groups is 1. The average Bonchev–Trinajstić information content (AvgIpc) is 3.40. The Kier molecular flexibility index (Phi) is 6.55. The number of benzene rings is 2. The first-order valence-corrected chi connectivity index (χ1v) is 13.3. The molecule has 4 heterocycles. The van der Waals surface area contributed by atoms with Gasteiger partial charge in [0.1, 0.15) is 12.7 Å². The van der Waals surface area contributed by atoms with Crippen molar-refractivity contribution in [3.63, 3.8) is 0 Å². The molecule has 2 aliphatic heterocycles. The molecule has 2 fully saturated rings. The molecule has 9 heteroatoms. The first-order chi connectivity index (χ1) is 18.5. The SMILES string of the molecule is O=C([C@@H]1CCNC[C@H]1c1ccccc1)N1CCC(O)(Cn2cnc3c(ncn3-c3ccccc3)c2=O)CC1. The van der Waals surface area contributed by atoms with Crippen LogP contribution in [0.4, 0.5) is 0 Å². The number of hydrogen-bond acceptors (Lipinski definition) is 6. The monoisotopic (exact) mass is 512 g/mol. The third-order valence-corrected chi connectivity index (χ3v) is 8.06. The molecule has 2 N–H and O–H groups in total. The lowest BCUT2D eigenvalue weighted by molar-refractivity contribution is -0.141. The first-order valence-electron chi connectivity index (χ1n) is 13.3. The van der Waals surface area contributed by atoms with Crippen LogP contribution in [0.1, 0.15) is 30.7 Å². The Morgan fingerprint density at radius 1 is 1.00 bits per heavy atom. The van der Waals surface area contributed by atoms with Gasteiger partial charge < -0.3 is 15.3 Å². The Balaban J connectivity index is 1.15. The van der Waals surface area contributed by atoms with Gasteiger partial charge in [-0.05, 0) is 43.5 Å². The van der Waals surface area contributed by atoms with Crippen LogP contribution in [0.15, 0.2) is 78.1 Å². The molecule has 38 heavy (non-hydrogen) atoms. The predicted molar refractivity (Wildman–Crippen MR) is 144 cm³/mol. The van der Waals surface area contributed by atoms with E-state index in [9.17, 15) is 14.7 Å². The molecule has 2 atom stereocenters. The summed E-state index contributed by atoms with van der Waals surface area (Å²) in [4.78, 5) is 37.5. The molecular weight excluding hydrogens is 480 g/mol. The normalized spacial score (nSPS) is 21.4. The standard InChI is InChI=1S/C29H32N6O3/c36-27(23-11-14-30-17-24(23)21-7-3-1-4-8-21)33-15-12-29(38,13-16-33)18-34-19-32-26-25(28(34)37)31-20-35(26)22-9-5-2-6-10-22/h1-10,19-20,23-24,30,38H,11-18H2/t23-,24+/m1/s1. The van der Waals surface area contributed by atoms with Crippen molar-refractivity contribution >= 4 is 17.1 Å². The van der Waals surface area contributed by atoms with Gasteiger partial charge in [0.2, 0.25) is 5.91 Å². The van der Waals surface area contributed by atoms with E-state index >= 15 is 0 Å². The number of para-hydroxylation sites is 1. The second kappa shape index (κ2) is 10.2. The van der Waals surface area contributed by atoms with Gasteiger partial charge in [-0.25, -0.2) is 9.97 Å². The lowest BCUT2D eigenvalue weighted by Crippen LogP contribution is -2.52. The molecule has 2 aliphatic rings. The highest BCUT2D eigenvalue weighted by molar-refractivity contribution is 5.80. The smallest absolute Gasteiger partial charge is 0.281 e. The molecule has 9 nitrogen and oxygen atoms in total. The number of fused-ring (bicyclic) bond motifs is 1. The molecule has 0 saturated carbocycles. The van der Waals surface area contributed by atoms with Crippen LogP contribution in [0.3, 0.4) is 0 Å². The fourth-order valence-corrected chi connectivity index (χ4v) is 5.88. The largest absolute Gasteiger partial charge is 0.388 e.